The summed E-state index contributed by atoms with van der Waals surface area (Å²) in [5, 5.41) is 2.60. The SMILES string of the molecule is CCOc1cc(/C=C2\C(=O)NC(=S)N(C)C2=O)cc(Cl)c1OCC(=O)OC. The zero-order valence-electron chi connectivity index (χ0n) is 14.8. The van der Waals surface area contributed by atoms with Crippen LogP contribution in [0.5, 0.6) is 11.5 Å². The molecule has 1 fully saturated rings. The van der Waals surface area contributed by atoms with Crippen LogP contribution in [0.25, 0.3) is 6.08 Å². The van der Waals surface area contributed by atoms with E-state index in [2.05, 4.69) is 10.1 Å². The van der Waals surface area contributed by atoms with Crippen molar-refractivity contribution in [1.82, 2.24) is 10.2 Å². The highest BCUT2D eigenvalue weighted by Crippen LogP contribution is 2.37. The van der Waals surface area contributed by atoms with Crippen molar-refractivity contribution < 1.29 is 28.6 Å². The average molecular weight is 413 g/mol. The lowest BCUT2D eigenvalue weighted by Crippen LogP contribution is -2.52. The zero-order valence-corrected chi connectivity index (χ0v) is 16.4. The molecule has 0 radical (unpaired) electrons. The molecule has 27 heavy (non-hydrogen) atoms. The molecule has 8 nitrogen and oxygen atoms in total. The predicted molar refractivity (Wildman–Crippen MR) is 102 cm³/mol. The second-order valence-electron chi connectivity index (χ2n) is 5.31. The Balaban J connectivity index is 2.40. The first kappa shape index (κ1) is 20.7. The van der Waals surface area contributed by atoms with E-state index in [1.165, 1.54) is 26.3 Å². The maximum Gasteiger partial charge on any atom is 0.343 e. The van der Waals surface area contributed by atoms with Gasteiger partial charge in [-0.1, -0.05) is 11.6 Å². The Morgan fingerprint density at radius 2 is 2.04 bits per heavy atom. The topological polar surface area (TPSA) is 94.2 Å². The molecule has 1 saturated heterocycles. The lowest BCUT2D eigenvalue weighted by atomic mass is 10.1. The molecule has 0 saturated carbocycles. The van der Waals surface area contributed by atoms with Gasteiger partial charge in [0.2, 0.25) is 0 Å². The third-order valence-electron chi connectivity index (χ3n) is 3.51. The highest BCUT2D eigenvalue weighted by atomic mass is 35.5. The minimum Gasteiger partial charge on any atom is -0.490 e. The normalized spacial score (nSPS) is 15.6. The fraction of sp³-hybridized carbons (Fsp3) is 0.294. The molecule has 0 aliphatic carbocycles. The summed E-state index contributed by atoms with van der Waals surface area (Å²) in [6, 6.07) is 3.03. The first-order valence-corrected chi connectivity index (χ1v) is 8.58. The van der Waals surface area contributed by atoms with Crippen LogP contribution in [0.2, 0.25) is 5.02 Å². The number of rotatable bonds is 6. The molecule has 1 aromatic carbocycles. The van der Waals surface area contributed by atoms with Gasteiger partial charge in [0.25, 0.3) is 11.8 Å². The van der Waals surface area contributed by atoms with Gasteiger partial charge in [-0.25, -0.2) is 4.79 Å². The van der Waals surface area contributed by atoms with Crippen LogP contribution in [0, 0.1) is 0 Å². The third-order valence-corrected chi connectivity index (χ3v) is 4.17. The monoisotopic (exact) mass is 412 g/mol. The lowest BCUT2D eigenvalue weighted by Gasteiger charge is -2.25. The van der Waals surface area contributed by atoms with Crippen molar-refractivity contribution in [2.24, 2.45) is 0 Å². The minimum absolute atomic E-state index is 0.0294. The van der Waals surface area contributed by atoms with Crippen molar-refractivity contribution in [3.8, 4) is 11.5 Å². The van der Waals surface area contributed by atoms with Crippen molar-refractivity contribution in [1.29, 1.82) is 0 Å². The number of methoxy groups -OCH3 is 1. The van der Waals surface area contributed by atoms with Crippen molar-refractivity contribution in [3.63, 3.8) is 0 Å². The maximum atomic E-state index is 12.3. The van der Waals surface area contributed by atoms with E-state index in [4.69, 9.17) is 33.3 Å². The molecule has 0 spiro atoms. The minimum atomic E-state index is -0.608. The van der Waals surface area contributed by atoms with Crippen LogP contribution in [-0.2, 0) is 19.1 Å². The number of benzene rings is 1. The van der Waals surface area contributed by atoms with Gasteiger partial charge in [-0.2, -0.15) is 0 Å². The van der Waals surface area contributed by atoms with Gasteiger partial charge in [-0.15, -0.1) is 0 Å². The molecule has 1 aromatic rings. The van der Waals surface area contributed by atoms with Gasteiger partial charge in [-0.05, 0) is 42.9 Å². The molecule has 1 aliphatic rings. The van der Waals surface area contributed by atoms with E-state index in [1.54, 1.807) is 13.0 Å². The van der Waals surface area contributed by atoms with Crippen LogP contribution in [0.1, 0.15) is 12.5 Å². The van der Waals surface area contributed by atoms with Crippen molar-refractivity contribution in [2.45, 2.75) is 6.92 Å². The molecule has 1 N–H and O–H groups in total. The first-order valence-electron chi connectivity index (χ1n) is 7.79. The molecule has 1 aliphatic heterocycles. The Hall–Kier alpha value is -2.65. The summed E-state index contributed by atoms with van der Waals surface area (Å²) in [5.74, 6) is -1.31. The molecule has 0 unspecified atom stereocenters. The molecular formula is C17H17ClN2O6S. The van der Waals surface area contributed by atoms with E-state index < -0.39 is 17.8 Å². The number of hydrogen-bond acceptors (Lipinski definition) is 7. The number of esters is 1. The van der Waals surface area contributed by atoms with Crippen LogP contribution in [0.15, 0.2) is 17.7 Å². The second-order valence-corrected chi connectivity index (χ2v) is 6.10. The summed E-state index contributed by atoms with van der Waals surface area (Å²) < 4.78 is 15.4. The van der Waals surface area contributed by atoms with Crippen molar-refractivity contribution in [3.05, 3.63) is 28.3 Å². The molecule has 0 aromatic heterocycles. The van der Waals surface area contributed by atoms with Gasteiger partial charge in [0.15, 0.2) is 23.2 Å². The standard InChI is InChI=1S/C17H17ClN2O6S/c1-4-25-12-7-9(6-11(18)14(12)26-8-13(21)24-3)5-10-15(22)19-17(27)20(2)16(10)23/h5-7H,4,8H2,1-3H3,(H,19,22,27)/b10-5+. The van der Waals surface area contributed by atoms with E-state index in [9.17, 15) is 14.4 Å². The number of carbonyl (C=O) groups is 3. The fourth-order valence-corrected chi connectivity index (χ4v) is 2.63. The summed E-state index contributed by atoms with van der Waals surface area (Å²) in [6.07, 6.45) is 1.37. The molecule has 1 heterocycles. The fourth-order valence-electron chi connectivity index (χ4n) is 2.18. The third kappa shape index (κ3) is 4.75. The van der Waals surface area contributed by atoms with Gasteiger partial charge in [0, 0.05) is 7.05 Å². The summed E-state index contributed by atoms with van der Waals surface area (Å²) >= 11 is 11.1. The summed E-state index contributed by atoms with van der Waals surface area (Å²) in [5.41, 5.74) is 0.335. The van der Waals surface area contributed by atoms with Crippen LogP contribution in [0.3, 0.4) is 0 Å². The van der Waals surface area contributed by atoms with Crippen LogP contribution in [0.4, 0.5) is 0 Å². The number of hydrogen-bond donors (Lipinski definition) is 1. The van der Waals surface area contributed by atoms with E-state index in [-0.39, 0.29) is 33.8 Å². The van der Waals surface area contributed by atoms with E-state index in [0.717, 1.165) is 4.90 Å². The summed E-state index contributed by atoms with van der Waals surface area (Å²) in [6.45, 7) is 1.72. The Morgan fingerprint density at radius 3 is 2.67 bits per heavy atom. The summed E-state index contributed by atoms with van der Waals surface area (Å²) in [4.78, 5) is 36.8. The zero-order chi connectivity index (χ0) is 20.1. The maximum absolute atomic E-state index is 12.3. The van der Waals surface area contributed by atoms with Crippen molar-refractivity contribution in [2.75, 3.05) is 27.4 Å². The number of likely N-dealkylation sites (N-methyl/N-ethyl adjacent to an activating group) is 1. The number of halogens is 1. The second kappa shape index (κ2) is 8.83. The smallest absolute Gasteiger partial charge is 0.343 e. The number of ether oxygens (including phenoxy) is 3. The Kier molecular flexibility index (Phi) is 6.75. The Morgan fingerprint density at radius 1 is 1.33 bits per heavy atom. The van der Waals surface area contributed by atoms with E-state index in [1.807, 2.05) is 0 Å². The quantitative estimate of drug-likeness (QED) is 0.328. The lowest BCUT2D eigenvalue weighted by molar-refractivity contribution is -0.143. The Labute approximate surface area is 166 Å². The highest BCUT2D eigenvalue weighted by molar-refractivity contribution is 7.80. The molecule has 0 bridgehead atoms. The molecule has 144 valence electrons. The average Bonchev–Trinajstić information content (AvgIpc) is 2.62. The van der Waals surface area contributed by atoms with E-state index >= 15 is 0 Å². The van der Waals surface area contributed by atoms with Crippen LogP contribution < -0.4 is 14.8 Å². The number of nitrogens with one attached hydrogen (secondary N) is 1. The molecular weight excluding hydrogens is 396 g/mol. The number of carbonyl (C=O) groups excluding carboxylic acids is 3. The molecule has 10 heteroatoms. The van der Waals surface area contributed by atoms with Crippen molar-refractivity contribution >= 4 is 52.8 Å². The van der Waals surface area contributed by atoms with Gasteiger partial charge >= 0.3 is 5.97 Å². The molecule has 0 atom stereocenters. The highest BCUT2D eigenvalue weighted by Gasteiger charge is 2.30. The largest absolute Gasteiger partial charge is 0.490 e. The van der Waals surface area contributed by atoms with Gasteiger partial charge in [0.1, 0.15) is 5.57 Å². The van der Waals surface area contributed by atoms with E-state index in [0.29, 0.717) is 12.2 Å². The molecule has 2 amide bonds. The number of amides is 2. The summed E-state index contributed by atoms with van der Waals surface area (Å²) in [7, 11) is 2.70. The van der Waals surface area contributed by atoms with Gasteiger partial charge < -0.3 is 14.2 Å². The van der Waals surface area contributed by atoms with Crippen LogP contribution in [-0.4, -0.2) is 55.2 Å². The number of nitrogens with zero attached hydrogens (tertiary/aromatic N) is 1. The molecule has 2 rings (SSSR count). The van der Waals surface area contributed by atoms with Gasteiger partial charge in [0.05, 0.1) is 18.7 Å². The van der Waals surface area contributed by atoms with Gasteiger partial charge in [-0.3, -0.25) is 19.8 Å². The predicted octanol–water partition coefficient (Wildman–Crippen LogP) is 1.55. The Bertz CT molecular complexity index is 839. The first-order chi connectivity index (χ1) is 12.8. The number of thiocarbonyl (C=S) groups is 1. The van der Waals surface area contributed by atoms with Crippen LogP contribution >= 0.6 is 23.8 Å².